The van der Waals surface area contributed by atoms with Crippen molar-refractivity contribution in [3.63, 3.8) is 0 Å². The number of carbonyl (C=O) groups is 2. The molecule has 3 rings (SSSR count). The van der Waals surface area contributed by atoms with Crippen LogP contribution in [-0.4, -0.2) is 24.3 Å². The van der Waals surface area contributed by atoms with Crippen molar-refractivity contribution in [1.82, 2.24) is 0 Å². The molecule has 5 heteroatoms. The van der Waals surface area contributed by atoms with Crippen LogP contribution in [0, 0.1) is 0 Å². The Labute approximate surface area is 145 Å². The standard InChI is InChI=1S/C20H18O5/c1-2-23-19(22)20(14-16-11-7-4-8-12-16)24-17(18(21)25-20)13-15-9-5-3-6-10-15/h3-13H,2,14H2,1H3/b17-13-. The highest BCUT2D eigenvalue weighted by atomic mass is 16.8. The molecule has 0 bridgehead atoms. The number of esters is 2. The van der Waals surface area contributed by atoms with Gasteiger partial charge in [-0.15, -0.1) is 0 Å². The normalized spacial score (nSPS) is 20.8. The number of hydrogen-bond acceptors (Lipinski definition) is 5. The van der Waals surface area contributed by atoms with Crippen LogP contribution in [0.2, 0.25) is 0 Å². The number of cyclic esters (lactones) is 1. The van der Waals surface area contributed by atoms with Crippen LogP contribution in [0.3, 0.4) is 0 Å². The van der Waals surface area contributed by atoms with E-state index in [0.29, 0.717) is 0 Å². The Morgan fingerprint density at radius 1 is 1.04 bits per heavy atom. The molecular formula is C20H18O5. The van der Waals surface area contributed by atoms with Crippen LogP contribution in [0.1, 0.15) is 18.1 Å². The maximum absolute atomic E-state index is 12.5. The maximum Gasteiger partial charge on any atom is 0.393 e. The molecular weight excluding hydrogens is 320 g/mol. The molecule has 0 radical (unpaired) electrons. The Morgan fingerprint density at radius 3 is 2.32 bits per heavy atom. The van der Waals surface area contributed by atoms with Crippen LogP contribution in [0.25, 0.3) is 6.08 Å². The molecule has 1 fully saturated rings. The van der Waals surface area contributed by atoms with Crippen molar-refractivity contribution >= 4 is 18.0 Å². The smallest absolute Gasteiger partial charge is 0.393 e. The van der Waals surface area contributed by atoms with E-state index in [9.17, 15) is 9.59 Å². The fourth-order valence-electron chi connectivity index (χ4n) is 2.56. The predicted molar refractivity (Wildman–Crippen MR) is 91.1 cm³/mol. The number of rotatable bonds is 5. The maximum atomic E-state index is 12.5. The van der Waals surface area contributed by atoms with Crippen molar-refractivity contribution in [2.45, 2.75) is 19.1 Å². The molecule has 1 heterocycles. The van der Waals surface area contributed by atoms with Crippen molar-refractivity contribution in [1.29, 1.82) is 0 Å². The van der Waals surface area contributed by atoms with Crippen LogP contribution in [-0.2, 0) is 30.2 Å². The van der Waals surface area contributed by atoms with E-state index in [4.69, 9.17) is 14.2 Å². The predicted octanol–water partition coefficient (Wildman–Crippen LogP) is 3.10. The van der Waals surface area contributed by atoms with Crippen molar-refractivity contribution < 1.29 is 23.8 Å². The quantitative estimate of drug-likeness (QED) is 0.619. The SMILES string of the molecule is CCOC(=O)C1(Cc2ccccc2)OC(=O)/C(=C/c2ccccc2)O1. The summed E-state index contributed by atoms with van der Waals surface area (Å²) in [7, 11) is 0. The molecule has 2 aromatic carbocycles. The molecule has 1 aliphatic rings. The zero-order chi connectivity index (χ0) is 17.7. The van der Waals surface area contributed by atoms with Gasteiger partial charge in [0.05, 0.1) is 13.0 Å². The van der Waals surface area contributed by atoms with Gasteiger partial charge >= 0.3 is 17.7 Å². The number of ether oxygens (including phenoxy) is 3. The largest absolute Gasteiger partial charge is 0.460 e. The third-order valence-corrected chi connectivity index (χ3v) is 3.70. The van der Waals surface area contributed by atoms with E-state index in [2.05, 4.69) is 0 Å². The van der Waals surface area contributed by atoms with Crippen molar-refractivity contribution in [3.05, 3.63) is 77.5 Å². The molecule has 0 spiro atoms. The number of benzene rings is 2. The second-order valence-corrected chi connectivity index (χ2v) is 5.55. The van der Waals surface area contributed by atoms with Crippen LogP contribution in [0.15, 0.2) is 66.4 Å². The summed E-state index contributed by atoms with van der Waals surface area (Å²) in [5.41, 5.74) is 1.57. The Kier molecular flexibility index (Phi) is 4.84. The summed E-state index contributed by atoms with van der Waals surface area (Å²) in [6.07, 6.45) is 1.62. The topological polar surface area (TPSA) is 61.8 Å². The first-order chi connectivity index (χ1) is 12.1. The van der Waals surface area contributed by atoms with Crippen molar-refractivity contribution in [3.8, 4) is 0 Å². The van der Waals surface area contributed by atoms with Crippen LogP contribution < -0.4 is 0 Å². The lowest BCUT2D eigenvalue weighted by atomic mass is 10.1. The first-order valence-electron chi connectivity index (χ1n) is 8.03. The van der Waals surface area contributed by atoms with Gasteiger partial charge in [0.1, 0.15) is 0 Å². The molecule has 0 aromatic heterocycles. The van der Waals surface area contributed by atoms with Gasteiger partial charge in [-0.1, -0.05) is 60.7 Å². The molecule has 1 saturated heterocycles. The highest BCUT2D eigenvalue weighted by Crippen LogP contribution is 2.33. The summed E-state index contributed by atoms with van der Waals surface area (Å²) in [6.45, 7) is 1.85. The van der Waals surface area contributed by atoms with E-state index in [1.165, 1.54) is 0 Å². The van der Waals surface area contributed by atoms with E-state index < -0.39 is 17.7 Å². The fourth-order valence-corrected chi connectivity index (χ4v) is 2.56. The third-order valence-electron chi connectivity index (χ3n) is 3.70. The lowest BCUT2D eigenvalue weighted by Crippen LogP contribution is -2.43. The first kappa shape index (κ1) is 16.8. The van der Waals surface area contributed by atoms with Gasteiger partial charge in [-0.3, -0.25) is 0 Å². The van der Waals surface area contributed by atoms with Crippen LogP contribution >= 0.6 is 0 Å². The highest BCUT2D eigenvalue weighted by molar-refractivity contribution is 5.97. The summed E-state index contributed by atoms with van der Waals surface area (Å²) in [5, 5.41) is 0. The lowest BCUT2D eigenvalue weighted by Gasteiger charge is -2.23. The molecule has 128 valence electrons. The molecule has 0 N–H and O–H groups in total. The van der Waals surface area contributed by atoms with E-state index >= 15 is 0 Å². The zero-order valence-corrected chi connectivity index (χ0v) is 13.8. The number of carbonyl (C=O) groups excluding carboxylic acids is 2. The van der Waals surface area contributed by atoms with Gasteiger partial charge in [0.15, 0.2) is 0 Å². The Bertz CT molecular complexity index is 782. The Morgan fingerprint density at radius 2 is 1.68 bits per heavy atom. The molecule has 5 nitrogen and oxygen atoms in total. The summed E-state index contributed by atoms with van der Waals surface area (Å²) < 4.78 is 16.1. The van der Waals surface area contributed by atoms with E-state index in [1.807, 2.05) is 60.7 Å². The summed E-state index contributed by atoms with van der Waals surface area (Å²) >= 11 is 0. The van der Waals surface area contributed by atoms with Crippen LogP contribution in [0.4, 0.5) is 0 Å². The minimum atomic E-state index is -1.80. The minimum absolute atomic E-state index is 0.0183. The van der Waals surface area contributed by atoms with Gasteiger partial charge < -0.3 is 14.2 Å². The van der Waals surface area contributed by atoms with E-state index in [1.54, 1.807) is 13.0 Å². The van der Waals surface area contributed by atoms with E-state index in [0.717, 1.165) is 11.1 Å². The summed E-state index contributed by atoms with van der Waals surface area (Å²) in [4.78, 5) is 24.7. The lowest BCUT2D eigenvalue weighted by molar-refractivity contribution is -0.205. The van der Waals surface area contributed by atoms with Gasteiger partial charge in [-0.25, -0.2) is 9.59 Å². The Balaban J connectivity index is 1.92. The molecule has 2 aromatic rings. The Hall–Kier alpha value is -3.08. The highest BCUT2D eigenvalue weighted by Gasteiger charge is 2.54. The van der Waals surface area contributed by atoms with Crippen molar-refractivity contribution in [2.75, 3.05) is 6.61 Å². The molecule has 0 aliphatic carbocycles. The molecule has 25 heavy (non-hydrogen) atoms. The van der Waals surface area contributed by atoms with Crippen LogP contribution in [0.5, 0.6) is 0 Å². The van der Waals surface area contributed by atoms with Gasteiger partial charge in [0.25, 0.3) is 0 Å². The average molecular weight is 338 g/mol. The van der Waals surface area contributed by atoms with Gasteiger partial charge in [0.2, 0.25) is 5.76 Å². The summed E-state index contributed by atoms with van der Waals surface area (Å²) in [6, 6.07) is 18.4. The van der Waals surface area contributed by atoms with Gasteiger partial charge in [-0.05, 0) is 24.1 Å². The molecule has 0 amide bonds. The fraction of sp³-hybridized carbons (Fsp3) is 0.200. The van der Waals surface area contributed by atoms with Gasteiger partial charge in [-0.2, -0.15) is 0 Å². The minimum Gasteiger partial charge on any atom is -0.460 e. The average Bonchev–Trinajstić information content (AvgIpc) is 2.93. The zero-order valence-electron chi connectivity index (χ0n) is 13.8. The second-order valence-electron chi connectivity index (χ2n) is 5.55. The van der Waals surface area contributed by atoms with Gasteiger partial charge in [0, 0.05) is 0 Å². The third kappa shape index (κ3) is 3.71. The monoisotopic (exact) mass is 338 g/mol. The number of hydrogen-bond donors (Lipinski definition) is 0. The molecule has 1 unspecified atom stereocenters. The summed E-state index contributed by atoms with van der Waals surface area (Å²) in [5.74, 6) is -3.22. The molecule has 1 aliphatic heterocycles. The second kappa shape index (κ2) is 7.21. The molecule has 0 saturated carbocycles. The van der Waals surface area contributed by atoms with Crippen molar-refractivity contribution in [2.24, 2.45) is 0 Å². The first-order valence-corrected chi connectivity index (χ1v) is 8.03. The van der Waals surface area contributed by atoms with E-state index in [-0.39, 0.29) is 18.8 Å². The molecule has 1 atom stereocenters.